The van der Waals surface area contributed by atoms with E-state index in [1.165, 1.54) is 18.3 Å². The lowest BCUT2D eigenvalue weighted by Crippen LogP contribution is -2.23. The molecule has 124 valence electrons. The number of nitrogens with zero attached hydrogens (tertiary/aromatic N) is 3. The fourth-order valence-electron chi connectivity index (χ4n) is 2.21. The highest BCUT2D eigenvalue weighted by Gasteiger charge is 2.10. The Morgan fingerprint density at radius 3 is 2.38 bits per heavy atom. The highest BCUT2D eigenvalue weighted by Crippen LogP contribution is 2.16. The summed E-state index contributed by atoms with van der Waals surface area (Å²) in [5.41, 5.74) is 1.70. The van der Waals surface area contributed by atoms with Crippen molar-refractivity contribution >= 4 is 21.9 Å². The minimum Gasteiger partial charge on any atom is -0.371 e. The molecule has 0 spiro atoms. The molecule has 0 saturated heterocycles. The lowest BCUT2D eigenvalue weighted by atomic mass is 10.2. The maximum absolute atomic E-state index is 12.1. The van der Waals surface area contributed by atoms with Gasteiger partial charge in [-0.2, -0.15) is 18.1 Å². The van der Waals surface area contributed by atoms with Crippen LogP contribution in [-0.4, -0.2) is 27.7 Å². The van der Waals surface area contributed by atoms with E-state index in [1.807, 2.05) is 31.2 Å². The van der Waals surface area contributed by atoms with Crippen LogP contribution < -0.4 is 4.90 Å². The summed E-state index contributed by atoms with van der Waals surface area (Å²) in [7, 11) is -3.68. The normalized spacial score (nSPS) is 11.3. The van der Waals surface area contributed by atoms with Gasteiger partial charge in [0.05, 0.1) is 17.4 Å². The average molecular weight is 341 g/mol. The van der Waals surface area contributed by atoms with Crippen LogP contribution in [0.4, 0.5) is 5.69 Å². The highest BCUT2D eigenvalue weighted by molar-refractivity contribution is 7.90. The van der Waals surface area contributed by atoms with Crippen LogP contribution in [0.1, 0.15) is 18.9 Å². The van der Waals surface area contributed by atoms with Crippen LogP contribution in [0, 0.1) is 11.3 Å². The monoisotopic (exact) mass is 341 g/mol. The van der Waals surface area contributed by atoms with Crippen molar-refractivity contribution in [2.24, 2.45) is 4.40 Å². The van der Waals surface area contributed by atoms with E-state index in [-0.39, 0.29) is 4.90 Å². The van der Waals surface area contributed by atoms with Gasteiger partial charge in [-0.25, -0.2) is 0 Å². The standard InChI is InChI=1S/C18H19N3O2S/c1-2-21(14-6-13-19)17-11-9-16(10-12-17)15-20-24(22,23)18-7-4-3-5-8-18/h3-5,7-12,15H,2,6,14H2,1H3. The summed E-state index contributed by atoms with van der Waals surface area (Å²) in [5.74, 6) is 0. The molecule has 0 N–H and O–H groups in total. The van der Waals surface area contributed by atoms with Crippen molar-refractivity contribution in [3.05, 3.63) is 60.2 Å². The van der Waals surface area contributed by atoms with Crippen LogP contribution in [0.3, 0.4) is 0 Å². The molecule has 0 aliphatic heterocycles. The Morgan fingerprint density at radius 2 is 1.79 bits per heavy atom. The molecule has 0 unspecified atom stereocenters. The van der Waals surface area contributed by atoms with E-state index in [0.29, 0.717) is 18.5 Å². The van der Waals surface area contributed by atoms with E-state index in [9.17, 15) is 8.42 Å². The first-order valence-electron chi connectivity index (χ1n) is 7.64. The number of anilines is 1. The maximum atomic E-state index is 12.1. The summed E-state index contributed by atoms with van der Waals surface area (Å²) in [5, 5.41) is 8.69. The van der Waals surface area contributed by atoms with Crippen LogP contribution in [0.2, 0.25) is 0 Å². The van der Waals surface area contributed by atoms with Gasteiger partial charge in [-0.05, 0) is 36.8 Å². The van der Waals surface area contributed by atoms with E-state index in [2.05, 4.69) is 15.4 Å². The van der Waals surface area contributed by atoms with E-state index < -0.39 is 10.0 Å². The molecular formula is C18H19N3O2S. The van der Waals surface area contributed by atoms with Gasteiger partial charge in [0, 0.05) is 25.0 Å². The molecule has 0 fully saturated rings. The van der Waals surface area contributed by atoms with Crippen LogP contribution in [0.15, 0.2) is 63.9 Å². The van der Waals surface area contributed by atoms with Crippen molar-refractivity contribution in [2.45, 2.75) is 18.2 Å². The first-order chi connectivity index (χ1) is 11.6. The Morgan fingerprint density at radius 1 is 1.12 bits per heavy atom. The SMILES string of the molecule is CCN(CCC#N)c1ccc(C=NS(=O)(=O)c2ccccc2)cc1. The number of rotatable bonds is 7. The number of benzene rings is 2. The molecule has 6 heteroatoms. The lowest BCUT2D eigenvalue weighted by molar-refractivity contribution is 0.598. The Kier molecular flexibility index (Phi) is 6.10. The summed E-state index contributed by atoms with van der Waals surface area (Å²) in [6, 6.07) is 17.7. The molecule has 0 aliphatic rings. The molecular weight excluding hydrogens is 322 g/mol. The lowest BCUT2D eigenvalue weighted by Gasteiger charge is -2.21. The summed E-state index contributed by atoms with van der Waals surface area (Å²) >= 11 is 0. The predicted octanol–water partition coefficient (Wildman–Crippen LogP) is 3.23. The second-order valence-electron chi connectivity index (χ2n) is 5.10. The molecule has 0 atom stereocenters. The number of nitriles is 1. The molecule has 5 nitrogen and oxygen atoms in total. The maximum Gasteiger partial charge on any atom is 0.282 e. The third-order valence-electron chi connectivity index (χ3n) is 3.52. The van der Waals surface area contributed by atoms with Gasteiger partial charge in [-0.15, -0.1) is 0 Å². The molecule has 0 bridgehead atoms. The van der Waals surface area contributed by atoms with Crippen molar-refractivity contribution in [1.82, 2.24) is 0 Å². The zero-order valence-corrected chi connectivity index (χ0v) is 14.3. The van der Waals surface area contributed by atoms with Crippen LogP contribution in [0.25, 0.3) is 0 Å². The van der Waals surface area contributed by atoms with Crippen molar-refractivity contribution < 1.29 is 8.42 Å². The van der Waals surface area contributed by atoms with Crippen molar-refractivity contribution in [3.8, 4) is 6.07 Å². The van der Waals surface area contributed by atoms with Crippen molar-refractivity contribution in [3.63, 3.8) is 0 Å². The zero-order valence-electron chi connectivity index (χ0n) is 13.5. The van der Waals surface area contributed by atoms with Gasteiger partial charge >= 0.3 is 0 Å². The average Bonchev–Trinajstić information content (AvgIpc) is 2.62. The molecule has 2 rings (SSSR count). The summed E-state index contributed by atoms with van der Waals surface area (Å²) in [6.07, 6.45) is 1.81. The quantitative estimate of drug-likeness (QED) is 0.725. The molecule has 24 heavy (non-hydrogen) atoms. The number of hydrogen-bond donors (Lipinski definition) is 0. The summed E-state index contributed by atoms with van der Waals surface area (Å²) in [4.78, 5) is 2.26. The number of sulfonamides is 1. The first kappa shape index (κ1) is 17.7. The molecule has 0 heterocycles. The van der Waals surface area contributed by atoms with Gasteiger partial charge in [0.1, 0.15) is 0 Å². The molecule has 2 aromatic carbocycles. The van der Waals surface area contributed by atoms with E-state index in [1.54, 1.807) is 18.2 Å². The fraction of sp³-hybridized carbons (Fsp3) is 0.222. The van der Waals surface area contributed by atoms with E-state index >= 15 is 0 Å². The Labute approximate surface area is 142 Å². The van der Waals surface area contributed by atoms with Crippen LogP contribution in [-0.2, 0) is 10.0 Å². The Bertz CT molecular complexity index is 823. The smallest absolute Gasteiger partial charge is 0.282 e. The third kappa shape index (κ3) is 4.67. The molecule has 0 amide bonds. The molecule has 0 radical (unpaired) electrons. The zero-order chi connectivity index (χ0) is 17.4. The van der Waals surface area contributed by atoms with Crippen LogP contribution >= 0.6 is 0 Å². The van der Waals surface area contributed by atoms with Gasteiger partial charge in [-0.1, -0.05) is 30.3 Å². The largest absolute Gasteiger partial charge is 0.371 e. The molecule has 0 aliphatic carbocycles. The van der Waals surface area contributed by atoms with Gasteiger partial charge in [0.25, 0.3) is 10.0 Å². The highest BCUT2D eigenvalue weighted by atomic mass is 32.2. The fourth-order valence-corrected chi connectivity index (χ4v) is 3.09. The molecule has 0 aromatic heterocycles. The van der Waals surface area contributed by atoms with Gasteiger partial charge in [0.2, 0.25) is 0 Å². The van der Waals surface area contributed by atoms with Crippen molar-refractivity contribution in [1.29, 1.82) is 5.26 Å². The summed E-state index contributed by atoms with van der Waals surface area (Å²) in [6.45, 7) is 3.50. The molecule has 2 aromatic rings. The van der Waals surface area contributed by atoms with Gasteiger partial charge in [0.15, 0.2) is 0 Å². The molecule has 0 saturated carbocycles. The van der Waals surface area contributed by atoms with Crippen molar-refractivity contribution in [2.75, 3.05) is 18.0 Å². The van der Waals surface area contributed by atoms with Crippen LogP contribution in [0.5, 0.6) is 0 Å². The van der Waals surface area contributed by atoms with E-state index in [4.69, 9.17) is 5.26 Å². The van der Waals surface area contributed by atoms with Gasteiger partial charge < -0.3 is 4.90 Å². The Hall–Kier alpha value is -2.65. The predicted molar refractivity (Wildman–Crippen MR) is 95.8 cm³/mol. The summed E-state index contributed by atoms with van der Waals surface area (Å²) < 4.78 is 27.9. The first-order valence-corrected chi connectivity index (χ1v) is 9.08. The second-order valence-corrected chi connectivity index (χ2v) is 6.73. The topological polar surface area (TPSA) is 73.5 Å². The third-order valence-corrected chi connectivity index (χ3v) is 4.77. The minimum absolute atomic E-state index is 0.173. The minimum atomic E-state index is -3.68. The number of hydrogen-bond acceptors (Lipinski definition) is 4. The Balaban J connectivity index is 2.13. The van der Waals surface area contributed by atoms with E-state index in [0.717, 1.165) is 12.2 Å². The van der Waals surface area contributed by atoms with Gasteiger partial charge in [-0.3, -0.25) is 0 Å². The second kappa shape index (κ2) is 8.27.